The van der Waals surface area contributed by atoms with Gasteiger partial charge in [0, 0.05) is 48.6 Å². The zero-order valence-electron chi connectivity index (χ0n) is 17.5. The number of fused-ring (bicyclic) bond motifs is 1. The molecular weight excluding hydrogens is 420 g/mol. The van der Waals surface area contributed by atoms with Crippen LogP contribution < -0.4 is 19.5 Å². The number of carbonyl (C=O) groups excluding carboxylic acids is 2. The van der Waals surface area contributed by atoms with Crippen LogP contribution in [0.2, 0.25) is 5.02 Å². The maximum absolute atomic E-state index is 13.4. The minimum atomic E-state index is -1.65. The average molecular weight is 443 g/mol. The van der Waals surface area contributed by atoms with Crippen LogP contribution in [0.1, 0.15) is 29.4 Å². The summed E-state index contributed by atoms with van der Waals surface area (Å²) in [5, 5.41) is 3.43. The molecule has 2 atom stereocenters. The molecule has 1 N–H and O–H groups in total. The van der Waals surface area contributed by atoms with Gasteiger partial charge in [0.05, 0.1) is 14.2 Å². The molecule has 0 saturated heterocycles. The van der Waals surface area contributed by atoms with E-state index in [-0.39, 0.29) is 22.1 Å². The predicted octanol–water partition coefficient (Wildman–Crippen LogP) is 3.39. The van der Waals surface area contributed by atoms with Gasteiger partial charge in [-0.3, -0.25) is 14.6 Å². The highest BCUT2D eigenvalue weighted by molar-refractivity contribution is 6.36. The molecule has 2 heterocycles. The Morgan fingerprint density at radius 1 is 1.26 bits per heavy atom. The lowest BCUT2D eigenvalue weighted by Gasteiger charge is -2.35. The van der Waals surface area contributed by atoms with Crippen molar-refractivity contribution in [2.75, 3.05) is 20.8 Å². The topological polar surface area (TPSA) is 86.8 Å². The van der Waals surface area contributed by atoms with Crippen LogP contribution in [0.25, 0.3) is 0 Å². The molecule has 0 amide bonds. The lowest BCUT2D eigenvalue weighted by molar-refractivity contribution is -0.129. The van der Waals surface area contributed by atoms with Gasteiger partial charge >= 0.3 is 0 Å². The standard InChI is InChI=1S/C23H23ClN2O5/c1-13-10-15(26-9-7-14-6-4-5-8-25-14)11-18(27)23(13)22(28)19-16(29-2)12-17(30-3)20(24)21(19)31-23/h4-6,8,11-13,26H,7,9-10H2,1-3H3. The second kappa shape index (κ2) is 8.23. The fourth-order valence-electron chi connectivity index (χ4n) is 4.15. The van der Waals surface area contributed by atoms with Crippen molar-refractivity contribution in [1.29, 1.82) is 0 Å². The van der Waals surface area contributed by atoms with Crippen molar-refractivity contribution in [3.8, 4) is 17.2 Å². The molecule has 1 aliphatic carbocycles. The molecule has 4 rings (SSSR count). The van der Waals surface area contributed by atoms with Crippen LogP contribution in [0, 0.1) is 5.92 Å². The van der Waals surface area contributed by atoms with Crippen LogP contribution in [0.4, 0.5) is 0 Å². The number of pyridine rings is 1. The number of methoxy groups -OCH3 is 2. The Balaban J connectivity index is 1.59. The largest absolute Gasteiger partial charge is 0.496 e. The molecule has 2 aliphatic rings. The molecule has 2 aromatic rings. The number of carbonyl (C=O) groups is 2. The molecule has 1 spiro atoms. The Hall–Kier alpha value is -3.06. The van der Waals surface area contributed by atoms with Gasteiger partial charge in [-0.2, -0.15) is 0 Å². The molecule has 162 valence electrons. The van der Waals surface area contributed by atoms with Crippen LogP contribution in [-0.2, 0) is 11.2 Å². The highest BCUT2D eigenvalue weighted by Gasteiger charge is 2.60. The Morgan fingerprint density at radius 2 is 2.03 bits per heavy atom. The monoisotopic (exact) mass is 442 g/mol. The summed E-state index contributed by atoms with van der Waals surface area (Å²) >= 11 is 6.40. The summed E-state index contributed by atoms with van der Waals surface area (Å²) in [6.07, 6.45) is 4.41. The number of hydrogen-bond acceptors (Lipinski definition) is 7. The van der Waals surface area contributed by atoms with Crippen molar-refractivity contribution in [2.45, 2.75) is 25.4 Å². The predicted molar refractivity (Wildman–Crippen MR) is 115 cm³/mol. The Kier molecular flexibility index (Phi) is 5.62. The van der Waals surface area contributed by atoms with Crippen molar-refractivity contribution in [3.05, 3.63) is 58.5 Å². The molecular formula is C23H23ClN2O5. The normalized spacial score (nSPS) is 22.1. The summed E-state index contributed by atoms with van der Waals surface area (Å²) in [4.78, 5) is 31.0. The number of halogens is 1. The maximum atomic E-state index is 13.4. The van der Waals surface area contributed by atoms with Gasteiger partial charge in [0.2, 0.25) is 17.2 Å². The van der Waals surface area contributed by atoms with Crippen LogP contribution in [0.5, 0.6) is 17.2 Å². The van der Waals surface area contributed by atoms with Crippen molar-refractivity contribution in [3.63, 3.8) is 0 Å². The van der Waals surface area contributed by atoms with Crippen LogP contribution in [0.15, 0.2) is 42.2 Å². The van der Waals surface area contributed by atoms with E-state index < -0.39 is 23.1 Å². The van der Waals surface area contributed by atoms with Gasteiger partial charge in [0.15, 0.2) is 5.75 Å². The van der Waals surface area contributed by atoms with E-state index >= 15 is 0 Å². The van der Waals surface area contributed by atoms with Crippen molar-refractivity contribution < 1.29 is 23.8 Å². The number of ether oxygens (including phenoxy) is 3. The first-order valence-electron chi connectivity index (χ1n) is 9.99. The van der Waals surface area contributed by atoms with Gasteiger partial charge in [0.1, 0.15) is 22.1 Å². The molecule has 1 aromatic heterocycles. The zero-order valence-corrected chi connectivity index (χ0v) is 18.3. The lowest BCUT2D eigenvalue weighted by atomic mass is 9.74. The summed E-state index contributed by atoms with van der Waals surface area (Å²) in [5.74, 6) is -0.557. The second-order valence-electron chi connectivity index (χ2n) is 7.60. The van der Waals surface area contributed by atoms with Gasteiger partial charge < -0.3 is 19.5 Å². The van der Waals surface area contributed by atoms with E-state index in [1.807, 2.05) is 25.1 Å². The molecule has 0 radical (unpaired) electrons. The van der Waals surface area contributed by atoms with E-state index in [1.54, 1.807) is 6.20 Å². The number of nitrogens with zero attached hydrogens (tertiary/aromatic N) is 1. The number of hydrogen-bond donors (Lipinski definition) is 1. The zero-order chi connectivity index (χ0) is 22.2. The van der Waals surface area contributed by atoms with Gasteiger partial charge in [-0.1, -0.05) is 24.6 Å². The fourth-order valence-corrected chi connectivity index (χ4v) is 4.41. The highest BCUT2D eigenvalue weighted by atomic mass is 35.5. The summed E-state index contributed by atoms with van der Waals surface area (Å²) in [7, 11) is 2.90. The van der Waals surface area contributed by atoms with Gasteiger partial charge in [0.25, 0.3) is 0 Å². The number of ketones is 2. The quantitative estimate of drug-likeness (QED) is 0.686. The third-order valence-electron chi connectivity index (χ3n) is 5.77. The molecule has 1 aliphatic heterocycles. The smallest absolute Gasteiger partial charge is 0.236 e. The number of Topliss-reactive ketones (excluding diaryl/α,β-unsaturated/α-hetero) is 1. The van der Waals surface area contributed by atoms with E-state index in [4.69, 9.17) is 25.8 Å². The summed E-state index contributed by atoms with van der Waals surface area (Å²) < 4.78 is 16.7. The molecule has 7 nitrogen and oxygen atoms in total. The third kappa shape index (κ3) is 3.43. The first-order chi connectivity index (χ1) is 14.9. The molecule has 2 unspecified atom stereocenters. The lowest BCUT2D eigenvalue weighted by Crippen LogP contribution is -2.55. The van der Waals surface area contributed by atoms with Gasteiger partial charge in [-0.15, -0.1) is 0 Å². The fraction of sp³-hybridized carbons (Fsp3) is 0.348. The Morgan fingerprint density at radius 3 is 2.68 bits per heavy atom. The van der Waals surface area contributed by atoms with E-state index in [0.717, 1.165) is 17.8 Å². The third-order valence-corrected chi connectivity index (χ3v) is 6.13. The molecule has 31 heavy (non-hydrogen) atoms. The van der Waals surface area contributed by atoms with Crippen LogP contribution in [-0.4, -0.2) is 42.9 Å². The van der Waals surface area contributed by atoms with E-state index in [9.17, 15) is 9.59 Å². The summed E-state index contributed by atoms with van der Waals surface area (Å²) in [6, 6.07) is 7.29. The molecule has 1 aromatic carbocycles. The second-order valence-corrected chi connectivity index (χ2v) is 7.98. The van der Waals surface area contributed by atoms with E-state index in [2.05, 4.69) is 10.3 Å². The van der Waals surface area contributed by atoms with Gasteiger partial charge in [-0.05, 0) is 18.6 Å². The first-order valence-corrected chi connectivity index (χ1v) is 10.4. The van der Waals surface area contributed by atoms with Crippen molar-refractivity contribution >= 4 is 23.2 Å². The van der Waals surface area contributed by atoms with E-state index in [1.165, 1.54) is 26.4 Å². The average Bonchev–Trinajstić information content (AvgIpc) is 3.08. The number of aromatic nitrogens is 1. The van der Waals surface area contributed by atoms with Gasteiger partial charge in [-0.25, -0.2) is 0 Å². The Bertz CT molecular complexity index is 1070. The molecule has 8 heteroatoms. The maximum Gasteiger partial charge on any atom is 0.236 e. The van der Waals surface area contributed by atoms with Crippen molar-refractivity contribution in [1.82, 2.24) is 10.3 Å². The minimum absolute atomic E-state index is 0.128. The molecule has 0 bridgehead atoms. The van der Waals surface area contributed by atoms with Crippen LogP contribution >= 0.6 is 11.6 Å². The molecule has 0 saturated carbocycles. The number of allylic oxidation sites excluding steroid dienone is 1. The first kappa shape index (κ1) is 21.2. The molecule has 0 fully saturated rings. The Labute approximate surface area is 185 Å². The number of benzene rings is 1. The minimum Gasteiger partial charge on any atom is -0.496 e. The highest BCUT2D eigenvalue weighted by Crippen LogP contribution is 2.52. The summed E-state index contributed by atoms with van der Waals surface area (Å²) in [5.41, 5.74) is 0.246. The number of nitrogens with one attached hydrogen (secondary N) is 1. The van der Waals surface area contributed by atoms with Crippen LogP contribution in [0.3, 0.4) is 0 Å². The van der Waals surface area contributed by atoms with Crippen molar-refractivity contribution in [2.24, 2.45) is 5.92 Å². The van der Waals surface area contributed by atoms with E-state index in [0.29, 0.717) is 18.7 Å². The SMILES string of the molecule is COc1cc(OC)c2c(c1Cl)OC1(C(=O)C=C(NCCc3ccccn3)CC1C)C2=O. The summed E-state index contributed by atoms with van der Waals surface area (Å²) in [6.45, 7) is 2.45. The number of rotatable bonds is 6.